The molecule has 3 rings (SSSR count). The minimum atomic E-state index is 0.125. The third-order valence-corrected chi connectivity index (χ3v) is 6.41. The largest absolute Gasteiger partial charge is 0.497 e. The monoisotopic (exact) mass is 415 g/mol. The highest BCUT2D eigenvalue weighted by Crippen LogP contribution is 2.22. The van der Waals surface area contributed by atoms with Gasteiger partial charge in [-0.2, -0.15) is 0 Å². The second kappa shape index (κ2) is 11.9. The van der Waals surface area contributed by atoms with Gasteiger partial charge in [-0.1, -0.05) is 31.4 Å². The molecule has 1 aliphatic carbocycles. The molecule has 0 spiro atoms. The molecule has 2 amide bonds. The fraction of sp³-hybridized carbons (Fsp3) is 0.667. The van der Waals surface area contributed by atoms with Gasteiger partial charge in [0.25, 0.3) is 0 Å². The average molecular weight is 416 g/mol. The lowest BCUT2D eigenvalue weighted by Crippen LogP contribution is -2.41. The van der Waals surface area contributed by atoms with Crippen LogP contribution >= 0.6 is 0 Å². The fourth-order valence-corrected chi connectivity index (χ4v) is 4.49. The van der Waals surface area contributed by atoms with Crippen LogP contribution in [0.3, 0.4) is 0 Å². The van der Waals surface area contributed by atoms with Gasteiger partial charge in [-0.15, -0.1) is 0 Å². The normalized spacial score (nSPS) is 18.6. The van der Waals surface area contributed by atoms with E-state index < -0.39 is 0 Å². The van der Waals surface area contributed by atoms with Crippen LogP contribution < -0.4 is 10.1 Å². The van der Waals surface area contributed by atoms with E-state index >= 15 is 0 Å². The molecule has 0 unspecified atom stereocenters. The molecule has 2 aliphatic rings. The quantitative estimate of drug-likeness (QED) is 0.709. The number of hydrogen-bond donors (Lipinski definition) is 1. The molecule has 0 bridgehead atoms. The van der Waals surface area contributed by atoms with E-state index in [0.29, 0.717) is 25.4 Å². The molecule has 6 heteroatoms. The van der Waals surface area contributed by atoms with Crippen molar-refractivity contribution in [2.24, 2.45) is 5.92 Å². The number of carbonyl (C=O) groups is 2. The van der Waals surface area contributed by atoms with Gasteiger partial charge in [0, 0.05) is 39.1 Å². The van der Waals surface area contributed by atoms with Gasteiger partial charge in [0.1, 0.15) is 5.75 Å². The van der Waals surface area contributed by atoms with Gasteiger partial charge in [-0.25, -0.2) is 0 Å². The van der Waals surface area contributed by atoms with Gasteiger partial charge in [-0.05, 0) is 49.3 Å². The Labute approximate surface area is 180 Å². The van der Waals surface area contributed by atoms with Gasteiger partial charge in [0.05, 0.1) is 13.7 Å². The second-order valence-electron chi connectivity index (χ2n) is 8.67. The van der Waals surface area contributed by atoms with Crippen LogP contribution in [0.2, 0.25) is 0 Å². The molecule has 1 aromatic rings. The molecule has 0 radical (unpaired) electrons. The lowest BCUT2D eigenvalue weighted by molar-refractivity contribution is -0.131. The Balaban J connectivity index is 1.35. The molecule has 0 atom stereocenters. The number of aryl methyl sites for hydroxylation is 1. The highest BCUT2D eigenvalue weighted by molar-refractivity contribution is 5.78. The second-order valence-corrected chi connectivity index (χ2v) is 8.67. The number of methoxy groups -OCH3 is 1. The first-order chi connectivity index (χ1) is 14.6. The molecular formula is C24H37N3O3. The van der Waals surface area contributed by atoms with Crippen LogP contribution in [0.1, 0.15) is 50.5 Å². The van der Waals surface area contributed by atoms with Crippen molar-refractivity contribution >= 4 is 11.8 Å². The van der Waals surface area contributed by atoms with E-state index in [1.165, 1.54) is 32.1 Å². The van der Waals surface area contributed by atoms with Gasteiger partial charge in [0.2, 0.25) is 11.8 Å². The Hall–Kier alpha value is -2.08. The van der Waals surface area contributed by atoms with E-state index in [-0.39, 0.29) is 11.8 Å². The highest BCUT2D eigenvalue weighted by atomic mass is 16.5. The molecular weight excluding hydrogens is 378 g/mol. The smallest absolute Gasteiger partial charge is 0.234 e. The van der Waals surface area contributed by atoms with Gasteiger partial charge >= 0.3 is 0 Å². The van der Waals surface area contributed by atoms with Crippen molar-refractivity contribution in [3.05, 3.63) is 29.8 Å². The minimum Gasteiger partial charge on any atom is -0.497 e. The van der Waals surface area contributed by atoms with E-state index in [2.05, 4.69) is 10.2 Å². The standard InChI is InChI=1S/C24H37N3O3/c1-30-22-11-8-20(9-12-22)10-13-24(29)27-15-5-14-26(16-17-27)19-23(28)25-18-21-6-3-2-4-7-21/h8-9,11-12,21H,2-7,10,13-19H2,1H3,(H,25,28). The van der Waals surface area contributed by atoms with E-state index in [0.717, 1.165) is 50.3 Å². The maximum Gasteiger partial charge on any atom is 0.234 e. The zero-order chi connectivity index (χ0) is 21.2. The van der Waals surface area contributed by atoms with Gasteiger partial charge in [-0.3, -0.25) is 14.5 Å². The van der Waals surface area contributed by atoms with Crippen molar-refractivity contribution < 1.29 is 14.3 Å². The lowest BCUT2D eigenvalue weighted by Gasteiger charge is -2.24. The summed E-state index contributed by atoms with van der Waals surface area (Å²) in [5.74, 6) is 1.82. The summed E-state index contributed by atoms with van der Waals surface area (Å²) in [6.45, 7) is 4.40. The van der Waals surface area contributed by atoms with Crippen LogP contribution in [0.25, 0.3) is 0 Å². The minimum absolute atomic E-state index is 0.125. The van der Waals surface area contributed by atoms with Gasteiger partial charge in [0.15, 0.2) is 0 Å². The molecule has 0 aromatic heterocycles. The third kappa shape index (κ3) is 7.31. The van der Waals surface area contributed by atoms with E-state index in [9.17, 15) is 9.59 Å². The molecule has 1 saturated carbocycles. The maximum absolute atomic E-state index is 12.7. The number of rotatable bonds is 8. The predicted molar refractivity (Wildman–Crippen MR) is 119 cm³/mol. The predicted octanol–water partition coefficient (Wildman–Crippen LogP) is 2.86. The summed E-state index contributed by atoms with van der Waals surface area (Å²) in [6.07, 6.45) is 8.62. The van der Waals surface area contributed by atoms with E-state index in [1.807, 2.05) is 29.2 Å². The van der Waals surface area contributed by atoms with Crippen LogP contribution in [0.15, 0.2) is 24.3 Å². The Kier molecular flexibility index (Phi) is 9.00. The van der Waals surface area contributed by atoms with Crippen molar-refractivity contribution in [1.29, 1.82) is 0 Å². The number of amides is 2. The molecule has 1 heterocycles. The SMILES string of the molecule is COc1ccc(CCC(=O)N2CCCN(CC(=O)NCC3CCCCC3)CC2)cc1. The summed E-state index contributed by atoms with van der Waals surface area (Å²) in [5, 5.41) is 3.13. The third-order valence-electron chi connectivity index (χ3n) is 6.41. The Morgan fingerprint density at radius 2 is 1.77 bits per heavy atom. The van der Waals surface area contributed by atoms with Crippen LogP contribution in [-0.4, -0.2) is 68.0 Å². The summed E-state index contributed by atoms with van der Waals surface area (Å²) in [6, 6.07) is 7.90. The zero-order valence-electron chi connectivity index (χ0n) is 18.4. The van der Waals surface area contributed by atoms with Crippen molar-refractivity contribution in [2.45, 2.75) is 51.4 Å². The van der Waals surface area contributed by atoms with E-state index in [1.54, 1.807) is 7.11 Å². The molecule has 30 heavy (non-hydrogen) atoms. The molecule has 6 nitrogen and oxygen atoms in total. The average Bonchev–Trinajstić information content (AvgIpc) is 3.03. The number of carbonyl (C=O) groups excluding carboxylic acids is 2. The van der Waals surface area contributed by atoms with Crippen molar-refractivity contribution in [2.75, 3.05) is 46.4 Å². The maximum atomic E-state index is 12.7. The van der Waals surface area contributed by atoms with Crippen LogP contribution in [0.5, 0.6) is 5.75 Å². The zero-order valence-corrected chi connectivity index (χ0v) is 18.4. The summed E-state index contributed by atoms with van der Waals surface area (Å²) in [4.78, 5) is 29.2. The molecule has 166 valence electrons. The molecule has 1 aromatic carbocycles. The summed E-state index contributed by atoms with van der Waals surface area (Å²) >= 11 is 0. The first-order valence-corrected chi connectivity index (χ1v) is 11.5. The highest BCUT2D eigenvalue weighted by Gasteiger charge is 2.21. The van der Waals surface area contributed by atoms with Crippen LogP contribution in [0.4, 0.5) is 0 Å². The number of benzene rings is 1. The number of nitrogens with one attached hydrogen (secondary N) is 1. The number of nitrogens with zero attached hydrogens (tertiary/aromatic N) is 2. The molecule has 1 N–H and O–H groups in total. The topological polar surface area (TPSA) is 61.9 Å². The molecule has 2 fully saturated rings. The first kappa shape index (κ1) is 22.6. The van der Waals surface area contributed by atoms with Crippen LogP contribution in [0, 0.1) is 5.92 Å². The van der Waals surface area contributed by atoms with Gasteiger partial charge < -0.3 is 15.0 Å². The lowest BCUT2D eigenvalue weighted by atomic mass is 9.89. The number of hydrogen-bond acceptors (Lipinski definition) is 4. The molecule has 1 saturated heterocycles. The Morgan fingerprint density at radius 3 is 2.50 bits per heavy atom. The Bertz CT molecular complexity index is 671. The number of ether oxygens (including phenoxy) is 1. The fourth-order valence-electron chi connectivity index (χ4n) is 4.49. The van der Waals surface area contributed by atoms with Crippen molar-refractivity contribution in [3.63, 3.8) is 0 Å². The van der Waals surface area contributed by atoms with Crippen LogP contribution in [-0.2, 0) is 16.0 Å². The summed E-state index contributed by atoms with van der Waals surface area (Å²) in [5.41, 5.74) is 1.15. The first-order valence-electron chi connectivity index (χ1n) is 11.5. The Morgan fingerprint density at radius 1 is 1.00 bits per heavy atom. The van der Waals surface area contributed by atoms with Crippen molar-refractivity contribution in [3.8, 4) is 5.75 Å². The molecule has 1 aliphatic heterocycles. The van der Waals surface area contributed by atoms with E-state index in [4.69, 9.17) is 4.74 Å². The summed E-state index contributed by atoms with van der Waals surface area (Å²) < 4.78 is 5.18. The van der Waals surface area contributed by atoms with Crippen molar-refractivity contribution in [1.82, 2.24) is 15.1 Å². The summed E-state index contributed by atoms with van der Waals surface area (Å²) in [7, 11) is 1.65.